The molecule has 6 nitrogen and oxygen atoms in total. The molecule has 1 saturated carbocycles. The van der Waals surface area contributed by atoms with Gasteiger partial charge in [-0.3, -0.25) is 14.5 Å². The van der Waals surface area contributed by atoms with E-state index in [-0.39, 0.29) is 30.2 Å². The van der Waals surface area contributed by atoms with Crippen molar-refractivity contribution in [3.63, 3.8) is 0 Å². The zero-order valence-electron chi connectivity index (χ0n) is 18.0. The number of fused-ring (bicyclic) bond motifs is 1. The number of nitrogens with zero attached hydrogens (tertiary/aromatic N) is 1. The van der Waals surface area contributed by atoms with Crippen LogP contribution in [-0.2, 0) is 9.59 Å². The van der Waals surface area contributed by atoms with Gasteiger partial charge in [-0.25, -0.2) is 0 Å². The van der Waals surface area contributed by atoms with Crippen LogP contribution in [0.1, 0.15) is 38.2 Å². The molecule has 0 aromatic heterocycles. The number of para-hydroxylation sites is 2. The maximum Gasteiger partial charge on any atom is 0.294 e. The Morgan fingerprint density at radius 3 is 2.65 bits per heavy atom. The van der Waals surface area contributed by atoms with Crippen LogP contribution in [0.5, 0.6) is 11.5 Å². The fraction of sp³-hybridized carbons (Fsp3) is 0.360. The third kappa shape index (κ3) is 4.74. The lowest BCUT2D eigenvalue weighted by Gasteiger charge is -2.32. The Balaban J connectivity index is 1.56. The second-order valence-corrected chi connectivity index (χ2v) is 8.18. The molecule has 0 bridgehead atoms. The zero-order valence-corrected chi connectivity index (χ0v) is 18.0. The minimum absolute atomic E-state index is 0.0393. The molecule has 2 aliphatic rings. The number of amides is 2. The molecule has 6 heteroatoms. The van der Waals surface area contributed by atoms with Crippen LogP contribution in [0.25, 0.3) is 6.08 Å². The molecule has 2 aromatic rings. The lowest BCUT2D eigenvalue weighted by atomic mass is 9.86. The number of benzene rings is 2. The largest absolute Gasteiger partial charge is 0.497 e. The molecule has 1 heterocycles. The summed E-state index contributed by atoms with van der Waals surface area (Å²) in [6, 6.07) is 14.8. The number of hydrogen-bond acceptors (Lipinski definition) is 4. The molecular weight excluding hydrogens is 392 g/mol. The summed E-state index contributed by atoms with van der Waals surface area (Å²) in [5.74, 6) is 1.45. The average Bonchev–Trinajstić information content (AvgIpc) is 2.78. The first kappa shape index (κ1) is 21.0. The summed E-state index contributed by atoms with van der Waals surface area (Å²) in [4.78, 5) is 27.6. The standard InChI is InChI=1S/C25H28N2O4/c1-17-7-3-4-8-20(17)26-24(28)16-27-21-9-5-6-10-22(21)31-23(25(27)29)15-18-11-13-19(30-2)14-12-18/h5-6,9-15,17,20H,3-4,7-8,16H2,1-2H3,(H,26,28)/b23-15-/t17-,20-/m1/s1. The van der Waals surface area contributed by atoms with Gasteiger partial charge >= 0.3 is 0 Å². The second-order valence-electron chi connectivity index (χ2n) is 8.18. The first-order chi connectivity index (χ1) is 15.0. The van der Waals surface area contributed by atoms with Gasteiger partial charge in [-0.15, -0.1) is 0 Å². The molecule has 1 fully saturated rings. The van der Waals surface area contributed by atoms with Crippen molar-refractivity contribution in [3.05, 3.63) is 59.9 Å². The highest BCUT2D eigenvalue weighted by Gasteiger charge is 2.32. The number of nitrogens with one attached hydrogen (secondary N) is 1. The third-order valence-corrected chi connectivity index (χ3v) is 6.01. The average molecular weight is 421 g/mol. The Morgan fingerprint density at radius 2 is 1.90 bits per heavy atom. The van der Waals surface area contributed by atoms with E-state index in [2.05, 4.69) is 12.2 Å². The molecule has 1 aliphatic carbocycles. The second kappa shape index (κ2) is 9.25. The van der Waals surface area contributed by atoms with Crippen LogP contribution in [0.3, 0.4) is 0 Å². The summed E-state index contributed by atoms with van der Waals surface area (Å²) >= 11 is 0. The number of anilines is 1. The van der Waals surface area contributed by atoms with Crippen LogP contribution in [0.4, 0.5) is 5.69 Å². The van der Waals surface area contributed by atoms with Crippen LogP contribution in [0, 0.1) is 5.92 Å². The Hall–Kier alpha value is -3.28. The van der Waals surface area contributed by atoms with Gasteiger partial charge in [0.05, 0.1) is 12.8 Å². The molecular formula is C25H28N2O4. The minimum atomic E-state index is -0.332. The van der Waals surface area contributed by atoms with E-state index in [9.17, 15) is 9.59 Å². The molecule has 2 atom stereocenters. The normalized spacial score (nSPS) is 21.9. The van der Waals surface area contributed by atoms with E-state index in [1.54, 1.807) is 25.3 Å². The van der Waals surface area contributed by atoms with Gasteiger partial charge in [0, 0.05) is 6.04 Å². The summed E-state index contributed by atoms with van der Waals surface area (Å²) in [5, 5.41) is 3.14. The quantitative estimate of drug-likeness (QED) is 0.738. The summed E-state index contributed by atoms with van der Waals surface area (Å²) in [5.41, 5.74) is 1.41. The fourth-order valence-electron chi connectivity index (χ4n) is 4.20. The first-order valence-electron chi connectivity index (χ1n) is 10.8. The van der Waals surface area contributed by atoms with Gasteiger partial charge in [-0.2, -0.15) is 0 Å². The van der Waals surface area contributed by atoms with Gasteiger partial charge in [0.15, 0.2) is 11.5 Å². The van der Waals surface area contributed by atoms with Gasteiger partial charge in [0.1, 0.15) is 12.3 Å². The Labute approximate surface area is 182 Å². The molecule has 31 heavy (non-hydrogen) atoms. The Morgan fingerprint density at radius 1 is 1.16 bits per heavy atom. The van der Waals surface area contributed by atoms with Crippen molar-refractivity contribution in [2.75, 3.05) is 18.6 Å². The van der Waals surface area contributed by atoms with E-state index in [1.165, 1.54) is 11.3 Å². The summed E-state index contributed by atoms with van der Waals surface area (Å²) < 4.78 is 11.1. The topological polar surface area (TPSA) is 67.9 Å². The molecule has 0 spiro atoms. The van der Waals surface area contributed by atoms with E-state index >= 15 is 0 Å². The van der Waals surface area contributed by atoms with Gasteiger partial charge in [-0.05, 0) is 54.7 Å². The number of carbonyl (C=O) groups is 2. The first-order valence-corrected chi connectivity index (χ1v) is 10.8. The van der Waals surface area contributed by atoms with Crippen LogP contribution < -0.4 is 19.7 Å². The lowest BCUT2D eigenvalue weighted by Crippen LogP contribution is -2.48. The van der Waals surface area contributed by atoms with Crippen LogP contribution in [0.2, 0.25) is 0 Å². The van der Waals surface area contributed by atoms with E-state index in [0.29, 0.717) is 17.4 Å². The maximum atomic E-state index is 13.2. The highest BCUT2D eigenvalue weighted by Crippen LogP contribution is 2.35. The molecule has 0 unspecified atom stereocenters. The molecule has 4 rings (SSSR count). The van der Waals surface area contributed by atoms with Crippen molar-refractivity contribution in [1.29, 1.82) is 0 Å². The van der Waals surface area contributed by atoms with Gasteiger partial charge in [-0.1, -0.05) is 44.0 Å². The van der Waals surface area contributed by atoms with Crippen molar-refractivity contribution >= 4 is 23.6 Å². The molecule has 1 aliphatic heterocycles. The number of ether oxygens (including phenoxy) is 2. The highest BCUT2D eigenvalue weighted by atomic mass is 16.5. The monoisotopic (exact) mass is 420 g/mol. The summed E-state index contributed by atoms with van der Waals surface area (Å²) in [6.07, 6.45) is 6.14. The van der Waals surface area contributed by atoms with Gasteiger partial charge in [0.2, 0.25) is 5.91 Å². The van der Waals surface area contributed by atoms with Crippen LogP contribution in [-0.4, -0.2) is 31.5 Å². The zero-order chi connectivity index (χ0) is 21.8. The van der Waals surface area contributed by atoms with Crippen LogP contribution >= 0.6 is 0 Å². The molecule has 2 amide bonds. The molecule has 0 radical (unpaired) electrons. The van der Waals surface area contributed by atoms with E-state index in [4.69, 9.17) is 9.47 Å². The fourth-order valence-corrected chi connectivity index (χ4v) is 4.20. The van der Waals surface area contributed by atoms with Crippen molar-refractivity contribution in [1.82, 2.24) is 5.32 Å². The molecule has 0 saturated heterocycles. The number of methoxy groups -OCH3 is 1. The van der Waals surface area contributed by atoms with Crippen LogP contribution in [0.15, 0.2) is 54.3 Å². The number of rotatable bonds is 5. The Kier molecular flexibility index (Phi) is 6.26. The predicted octanol–water partition coefficient (Wildman–Crippen LogP) is 4.16. The number of hydrogen-bond donors (Lipinski definition) is 1. The minimum Gasteiger partial charge on any atom is -0.497 e. The van der Waals surface area contributed by atoms with E-state index in [1.807, 2.05) is 36.4 Å². The van der Waals surface area contributed by atoms with Crippen molar-refractivity contribution in [2.24, 2.45) is 5.92 Å². The van der Waals surface area contributed by atoms with Crippen molar-refractivity contribution < 1.29 is 19.1 Å². The summed E-state index contributed by atoms with van der Waals surface area (Å²) in [7, 11) is 1.61. The maximum absolute atomic E-state index is 13.2. The van der Waals surface area contributed by atoms with E-state index in [0.717, 1.165) is 30.6 Å². The van der Waals surface area contributed by atoms with Gasteiger partial charge < -0.3 is 14.8 Å². The molecule has 2 aromatic carbocycles. The van der Waals surface area contributed by atoms with Gasteiger partial charge in [0.25, 0.3) is 5.91 Å². The number of carbonyl (C=O) groups excluding carboxylic acids is 2. The summed E-state index contributed by atoms with van der Waals surface area (Å²) in [6.45, 7) is 2.14. The Bertz CT molecular complexity index is 983. The smallest absolute Gasteiger partial charge is 0.294 e. The van der Waals surface area contributed by atoms with Crippen molar-refractivity contribution in [2.45, 2.75) is 38.6 Å². The van der Waals surface area contributed by atoms with Crippen molar-refractivity contribution in [3.8, 4) is 11.5 Å². The lowest BCUT2D eigenvalue weighted by molar-refractivity contribution is -0.124. The molecule has 162 valence electrons. The third-order valence-electron chi connectivity index (χ3n) is 6.01. The SMILES string of the molecule is COc1ccc(/C=C2\Oc3ccccc3N(CC(=O)N[C@@H]3CCCC[C@H]3C)C2=O)cc1. The van der Waals surface area contributed by atoms with E-state index < -0.39 is 0 Å². The molecule has 1 N–H and O–H groups in total. The highest BCUT2D eigenvalue weighted by molar-refractivity contribution is 6.12. The predicted molar refractivity (Wildman–Crippen MR) is 120 cm³/mol.